The fourth-order valence-electron chi connectivity index (χ4n) is 4.47. The van der Waals surface area contributed by atoms with Crippen LogP contribution in [0, 0.1) is 0 Å². The Labute approximate surface area is 192 Å². The number of nitrogens with zero attached hydrogens (tertiary/aromatic N) is 1. The molecule has 4 aromatic rings. The van der Waals surface area contributed by atoms with Gasteiger partial charge < -0.3 is 19.2 Å². The lowest BCUT2D eigenvalue weighted by molar-refractivity contribution is 0.0612. The number of ether oxygens (including phenoxy) is 1. The smallest absolute Gasteiger partial charge is 0.410 e. The third-order valence-corrected chi connectivity index (χ3v) is 6.08. The Morgan fingerprint density at radius 1 is 0.879 bits per heavy atom. The monoisotopic (exact) mass is 439 g/mol. The van der Waals surface area contributed by atoms with Gasteiger partial charge in [0.25, 0.3) is 0 Å². The third kappa shape index (κ3) is 4.41. The van der Waals surface area contributed by atoms with Gasteiger partial charge in [-0.1, -0.05) is 78.9 Å². The van der Waals surface area contributed by atoms with Crippen LogP contribution >= 0.6 is 0 Å². The predicted octanol–water partition coefficient (Wildman–Crippen LogP) is 5.76. The van der Waals surface area contributed by atoms with Gasteiger partial charge in [0, 0.05) is 12.5 Å². The molecule has 1 aliphatic carbocycles. The number of aliphatic hydroxyl groups is 1. The second-order valence-corrected chi connectivity index (χ2v) is 8.20. The van der Waals surface area contributed by atoms with Crippen molar-refractivity contribution < 1.29 is 19.1 Å². The first-order valence-electron chi connectivity index (χ1n) is 11.1. The maximum Gasteiger partial charge on any atom is 0.410 e. The Balaban J connectivity index is 1.34. The van der Waals surface area contributed by atoms with Crippen LogP contribution in [-0.4, -0.2) is 29.3 Å². The largest absolute Gasteiger partial charge is 0.467 e. The molecular weight excluding hydrogens is 414 g/mol. The van der Waals surface area contributed by atoms with E-state index in [1.165, 1.54) is 22.3 Å². The van der Waals surface area contributed by atoms with Gasteiger partial charge in [0.05, 0.1) is 12.8 Å². The van der Waals surface area contributed by atoms with E-state index in [1.54, 1.807) is 12.1 Å². The zero-order chi connectivity index (χ0) is 22.6. The molecule has 0 spiro atoms. The molecule has 3 aromatic carbocycles. The van der Waals surface area contributed by atoms with Crippen LogP contribution in [0.2, 0.25) is 0 Å². The molecule has 1 atom stereocenters. The van der Waals surface area contributed by atoms with Gasteiger partial charge in [-0.2, -0.15) is 0 Å². The maximum atomic E-state index is 13.2. The number of hydrogen-bond acceptors (Lipinski definition) is 4. The molecule has 1 aromatic heterocycles. The van der Waals surface area contributed by atoms with Gasteiger partial charge in [-0.3, -0.25) is 0 Å². The summed E-state index contributed by atoms with van der Waals surface area (Å²) in [5.74, 6) is 0.398. The van der Waals surface area contributed by atoms with Gasteiger partial charge in [0.15, 0.2) is 0 Å². The summed E-state index contributed by atoms with van der Waals surface area (Å²) >= 11 is 0. The lowest BCUT2D eigenvalue weighted by Crippen LogP contribution is -2.35. The number of rotatable bonds is 7. The van der Waals surface area contributed by atoms with E-state index in [9.17, 15) is 9.90 Å². The Morgan fingerprint density at radius 3 is 2.15 bits per heavy atom. The normalized spacial score (nSPS) is 13.2. The molecule has 1 aliphatic rings. The highest BCUT2D eigenvalue weighted by Gasteiger charge is 2.30. The first-order chi connectivity index (χ1) is 16.2. The van der Waals surface area contributed by atoms with E-state index in [2.05, 4.69) is 24.3 Å². The lowest BCUT2D eigenvalue weighted by Gasteiger charge is -2.25. The van der Waals surface area contributed by atoms with E-state index in [0.717, 1.165) is 16.7 Å². The topological polar surface area (TPSA) is 62.9 Å². The number of carbonyl (C=O) groups is 1. The molecule has 5 rings (SSSR count). The molecule has 1 amide bonds. The first-order valence-corrected chi connectivity index (χ1v) is 11.1. The molecule has 0 bridgehead atoms. The molecule has 5 heteroatoms. The van der Waals surface area contributed by atoms with Crippen molar-refractivity contribution in [2.24, 2.45) is 0 Å². The number of benzene rings is 3. The lowest BCUT2D eigenvalue weighted by atomic mass is 9.98. The number of aliphatic hydroxyl groups excluding tert-OH is 1. The highest BCUT2D eigenvalue weighted by atomic mass is 16.6. The minimum atomic E-state index is -0.941. The van der Waals surface area contributed by atoms with Crippen molar-refractivity contribution in [2.45, 2.75) is 18.6 Å². The van der Waals surface area contributed by atoms with Crippen LogP contribution in [0.3, 0.4) is 0 Å². The van der Waals surface area contributed by atoms with Crippen molar-refractivity contribution in [1.82, 2.24) is 4.90 Å². The van der Waals surface area contributed by atoms with Crippen LogP contribution in [0.1, 0.15) is 34.5 Å². The quantitative estimate of drug-likeness (QED) is 0.397. The fourth-order valence-corrected chi connectivity index (χ4v) is 4.47. The highest BCUT2D eigenvalue weighted by molar-refractivity contribution is 5.79. The van der Waals surface area contributed by atoms with Crippen molar-refractivity contribution in [2.75, 3.05) is 13.2 Å². The molecule has 5 nitrogen and oxygen atoms in total. The van der Waals surface area contributed by atoms with Crippen LogP contribution in [0.15, 0.2) is 102 Å². The number of fused-ring (bicyclic) bond motifs is 3. The molecule has 0 fully saturated rings. The van der Waals surface area contributed by atoms with Crippen molar-refractivity contribution in [3.8, 4) is 11.1 Å². The van der Waals surface area contributed by atoms with Crippen LogP contribution in [-0.2, 0) is 11.3 Å². The summed E-state index contributed by atoms with van der Waals surface area (Å²) in [6.07, 6.45) is 0.100. The summed E-state index contributed by atoms with van der Waals surface area (Å²) < 4.78 is 11.2. The Bertz CT molecular complexity index is 1170. The molecule has 1 heterocycles. The second-order valence-electron chi connectivity index (χ2n) is 8.20. The Hall–Kier alpha value is -3.83. The van der Waals surface area contributed by atoms with Gasteiger partial charge in [0.2, 0.25) is 0 Å². The molecule has 0 saturated carbocycles. The van der Waals surface area contributed by atoms with Crippen molar-refractivity contribution in [3.63, 3.8) is 0 Å². The molecule has 0 aliphatic heterocycles. The summed E-state index contributed by atoms with van der Waals surface area (Å²) in [7, 11) is 0. The van der Waals surface area contributed by atoms with E-state index in [0.29, 0.717) is 12.3 Å². The summed E-state index contributed by atoms with van der Waals surface area (Å²) in [6.45, 7) is 0.628. The van der Waals surface area contributed by atoms with E-state index in [1.807, 2.05) is 54.6 Å². The van der Waals surface area contributed by atoms with Gasteiger partial charge >= 0.3 is 6.09 Å². The minimum Gasteiger partial charge on any atom is -0.467 e. The number of hydrogen-bond donors (Lipinski definition) is 1. The van der Waals surface area contributed by atoms with Crippen molar-refractivity contribution >= 4 is 6.09 Å². The number of amides is 1. The van der Waals surface area contributed by atoms with Crippen molar-refractivity contribution in [3.05, 3.63) is 120 Å². The average Bonchev–Trinajstić information content (AvgIpc) is 3.50. The summed E-state index contributed by atoms with van der Waals surface area (Å²) in [5.41, 5.74) is 5.65. The molecule has 166 valence electrons. The van der Waals surface area contributed by atoms with Gasteiger partial charge in [-0.05, 0) is 39.9 Å². The van der Waals surface area contributed by atoms with E-state index in [-0.39, 0.29) is 19.1 Å². The van der Waals surface area contributed by atoms with Gasteiger partial charge in [-0.25, -0.2) is 4.79 Å². The van der Waals surface area contributed by atoms with Crippen molar-refractivity contribution in [1.29, 1.82) is 0 Å². The second kappa shape index (κ2) is 9.35. The zero-order valence-electron chi connectivity index (χ0n) is 18.1. The summed E-state index contributed by atoms with van der Waals surface area (Å²) in [5, 5.41) is 10.6. The van der Waals surface area contributed by atoms with E-state index >= 15 is 0 Å². The number of furan rings is 1. The van der Waals surface area contributed by atoms with Crippen LogP contribution in [0.5, 0.6) is 0 Å². The van der Waals surface area contributed by atoms with E-state index in [4.69, 9.17) is 9.15 Å². The van der Waals surface area contributed by atoms with Gasteiger partial charge in [0.1, 0.15) is 18.5 Å². The molecule has 1 unspecified atom stereocenters. The SMILES string of the molecule is O=C(OCC1c2ccccc2-c2ccccc21)N(Cc1ccccc1)CC(O)c1ccco1. The van der Waals surface area contributed by atoms with E-state index < -0.39 is 12.2 Å². The summed E-state index contributed by atoms with van der Waals surface area (Å²) in [6, 6.07) is 29.6. The van der Waals surface area contributed by atoms with Crippen LogP contribution < -0.4 is 0 Å². The zero-order valence-corrected chi connectivity index (χ0v) is 18.1. The number of carbonyl (C=O) groups excluding carboxylic acids is 1. The van der Waals surface area contributed by atoms with Gasteiger partial charge in [-0.15, -0.1) is 0 Å². The Kier molecular flexibility index (Phi) is 5.96. The fraction of sp³-hybridized carbons (Fsp3) is 0.179. The summed E-state index contributed by atoms with van der Waals surface area (Å²) in [4.78, 5) is 14.7. The standard InChI is InChI=1S/C28H25NO4/c30-26(27-15-8-16-32-27)18-29(17-20-9-2-1-3-10-20)28(31)33-19-25-23-13-6-4-11-21(23)22-12-5-7-14-24(22)25/h1-16,25-26,30H,17-19H2. The average molecular weight is 440 g/mol. The highest BCUT2D eigenvalue weighted by Crippen LogP contribution is 2.44. The molecule has 0 saturated heterocycles. The predicted molar refractivity (Wildman–Crippen MR) is 126 cm³/mol. The van der Waals surface area contributed by atoms with Crippen LogP contribution in [0.4, 0.5) is 4.79 Å². The molecular formula is C28H25NO4. The Morgan fingerprint density at radius 2 is 1.52 bits per heavy atom. The maximum absolute atomic E-state index is 13.2. The molecule has 33 heavy (non-hydrogen) atoms. The molecule has 0 radical (unpaired) electrons. The van der Waals surface area contributed by atoms with Crippen LogP contribution in [0.25, 0.3) is 11.1 Å². The first kappa shape index (κ1) is 21.0. The molecule has 1 N–H and O–H groups in total. The minimum absolute atomic E-state index is 0.0186. The third-order valence-electron chi connectivity index (χ3n) is 6.08.